The van der Waals surface area contributed by atoms with Crippen LogP contribution in [0.5, 0.6) is 0 Å². The maximum absolute atomic E-state index is 5.29. The van der Waals surface area contributed by atoms with E-state index in [0.29, 0.717) is 5.92 Å². The first kappa shape index (κ1) is 8.38. The van der Waals surface area contributed by atoms with Crippen molar-refractivity contribution >= 4 is 0 Å². The minimum absolute atomic E-state index is 0.585. The SMILES string of the molecule is COC1=C(C(C)C)C=CCC1. The maximum atomic E-state index is 5.29. The van der Waals surface area contributed by atoms with Gasteiger partial charge in [0.15, 0.2) is 0 Å². The molecular weight excluding hydrogens is 136 g/mol. The Hall–Kier alpha value is -0.720. The van der Waals surface area contributed by atoms with Crippen molar-refractivity contribution in [1.29, 1.82) is 0 Å². The van der Waals surface area contributed by atoms with Crippen LogP contribution in [0.3, 0.4) is 0 Å². The first-order chi connectivity index (χ1) is 5.25. The lowest BCUT2D eigenvalue weighted by molar-refractivity contribution is 0.269. The number of allylic oxidation sites excluding steroid dienone is 4. The molecule has 0 heterocycles. The topological polar surface area (TPSA) is 9.23 Å². The molecular formula is C10H16O. The minimum atomic E-state index is 0.585. The molecule has 1 aliphatic carbocycles. The van der Waals surface area contributed by atoms with Gasteiger partial charge >= 0.3 is 0 Å². The summed E-state index contributed by atoms with van der Waals surface area (Å²) in [5.74, 6) is 1.75. The molecule has 1 heteroatoms. The third-order valence-corrected chi connectivity index (χ3v) is 2.03. The smallest absolute Gasteiger partial charge is 0.0992 e. The van der Waals surface area contributed by atoms with Crippen molar-refractivity contribution in [3.63, 3.8) is 0 Å². The summed E-state index contributed by atoms with van der Waals surface area (Å²) in [5, 5.41) is 0. The van der Waals surface area contributed by atoms with Crippen LogP contribution in [0.2, 0.25) is 0 Å². The van der Waals surface area contributed by atoms with E-state index < -0.39 is 0 Å². The Morgan fingerprint density at radius 3 is 2.64 bits per heavy atom. The van der Waals surface area contributed by atoms with Crippen LogP contribution in [0, 0.1) is 5.92 Å². The van der Waals surface area contributed by atoms with Crippen molar-refractivity contribution in [2.45, 2.75) is 26.7 Å². The number of rotatable bonds is 2. The Bertz CT molecular complexity index is 187. The van der Waals surface area contributed by atoms with Gasteiger partial charge in [-0.3, -0.25) is 0 Å². The highest BCUT2D eigenvalue weighted by molar-refractivity contribution is 5.27. The lowest BCUT2D eigenvalue weighted by Crippen LogP contribution is -2.02. The van der Waals surface area contributed by atoms with Gasteiger partial charge in [0.05, 0.1) is 12.9 Å². The van der Waals surface area contributed by atoms with Crippen LogP contribution in [0.25, 0.3) is 0 Å². The summed E-state index contributed by atoms with van der Waals surface area (Å²) < 4.78 is 5.29. The molecule has 0 unspecified atom stereocenters. The fourth-order valence-electron chi connectivity index (χ4n) is 1.40. The average Bonchev–Trinajstić information content (AvgIpc) is 2.04. The lowest BCUT2D eigenvalue weighted by Gasteiger charge is -2.17. The summed E-state index contributed by atoms with van der Waals surface area (Å²) in [4.78, 5) is 0. The molecule has 0 atom stereocenters. The second-order valence-electron chi connectivity index (χ2n) is 3.18. The number of hydrogen-bond donors (Lipinski definition) is 0. The van der Waals surface area contributed by atoms with E-state index in [9.17, 15) is 0 Å². The standard InChI is InChI=1S/C10H16O/c1-8(2)9-6-4-5-7-10(9)11-3/h4,6,8H,5,7H2,1-3H3. The van der Waals surface area contributed by atoms with Crippen molar-refractivity contribution in [3.8, 4) is 0 Å². The zero-order valence-corrected chi connectivity index (χ0v) is 7.55. The van der Waals surface area contributed by atoms with E-state index in [2.05, 4.69) is 26.0 Å². The Kier molecular flexibility index (Phi) is 2.75. The summed E-state index contributed by atoms with van der Waals surface area (Å²) in [7, 11) is 1.76. The number of ether oxygens (including phenoxy) is 1. The minimum Gasteiger partial charge on any atom is -0.501 e. The van der Waals surface area contributed by atoms with Crippen LogP contribution >= 0.6 is 0 Å². The molecule has 0 fully saturated rings. The van der Waals surface area contributed by atoms with Crippen molar-refractivity contribution in [2.75, 3.05) is 7.11 Å². The molecule has 0 aromatic carbocycles. The summed E-state index contributed by atoms with van der Waals surface area (Å²) in [5.41, 5.74) is 1.36. The zero-order chi connectivity index (χ0) is 8.27. The summed E-state index contributed by atoms with van der Waals surface area (Å²) in [6.45, 7) is 4.40. The van der Waals surface area contributed by atoms with E-state index in [1.165, 1.54) is 11.3 Å². The van der Waals surface area contributed by atoms with Crippen molar-refractivity contribution in [2.24, 2.45) is 5.92 Å². The molecule has 0 aliphatic heterocycles. The Balaban J connectivity index is 2.83. The lowest BCUT2D eigenvalue weighted by atomic mass is 9.96. The van der Waals surface area contributed by atoms with E-state index in [1.54, 1.807) is 7.11 Å². The van der Waals surface area contributed by atoms with Gasteiger partial charge in [0, 0.05) is 6.42 Å². The molecule has 62 valence electrons. The molecule has 1 aliphatic rings. The molecule has 0 bridgehead atoms. The normalized spacial score (nSPS) is 17.8. The molecule has 0 N–H and O–H groups in total. The Morgan fingerprint density at radius 2 is 2.18 bits per heavy atom. The van der Waals surface area contributed by atoms with Gasteiger partial charge in [-0.05, 0) is 17.9 Å². The molecule has 0 aromatic heterocycles. The third-order valence-electron chi connectivity index (χ3n) is 2.03. The third kappa shape index (κ3) is 1.86. The number of methoxy groups -OCH3 is 1. The second-order valence-corrected chi connectivity index (χ2v) is 3.18. The monoisotopic (exact) mass is 152 g/mol. The predicted octanol–water partition coefficient (Wildman–Crippen LogP) is 2.89. The molecule has 0 saturated carbocycles. The Morgan fingerprint density at radius 1 is 1.45 bits per heavy atom. The predicted molar refractivity (Wildman–Crippen MR) is 47.2 cm³/mol. The van der Waals surface area contributed by atoms with Gasteiger partial charge in [-0.25, -0.2) is 0 Å². The Labute approximate surface area is 68.8 Å². The van der Waals surface area contributed by atoms with E-state index in [0.717, 1.165) is 12.8 Å². The summed E-state index contributed by atoms with van der Waals surface area (Å²) in [6, 6.07) is 0. The highest BCUT2D eigenvalue weighted by Crippen LogP contribution is 2.24. The van der Waals surface area contributed by atoms with E-state index in [-0.39, 0.29) is 0 Å². The van der Waals surface area contributed by atoms with Gasteiger partial charge in [-0.2, -0.15) is 0 Å². The zero-order valence-electron chi connectivity index (χ0n) is 7.55. The van der Waals surface area contributed by atoms with Gasteiger partial charge in [0.1, 0.15) is 0 Å². The molecule has 11 heavy (non-hydrogen) atoms. The van der Waals surface area contributed by atoms with E-state index in [4.69, 9.17) is 4.74 Å². The van der Waals surface area contributed by atoms with Crippen LogP contribution in [0.4, 0.5) is 0 Å². The average molecular weight is 152 g/mol. The van der Waals surface area contributed by atoms with Crippen LogP contribution in [-0.4, -0.2) is 7.11 Å². The van der Waals surface area contributed by atoms with Gasteiger partial charge in [0.2, 0.25) is 0 Å². The molecule has 0 amide bonds. The van der Waals surface area contributed by atoms with Gasteiger partial charge in [-0.1, -0.05) is 26.0 Å². The van der Waals surface area contributed by atoms with Crippen LogP contribution in [0.1, 0.15) is 26.7 Å². The fourth-order valence-corrected chi connectivity index (χ4v) is 1.40. The maximum Gasteiger partial charge on any atom is 0.0992 e. The first-order valence-corrected chi connectivity index (χ1v) is 4.19. The molecule has 0 radical (unpaired) electrons. The van der Waals surface area contributed by atoms with Crippen molar-refractivity contribution < 1.29 is 4.74 Å². The van der Waals surface area contributed by atoms with Crippen molar-refractivity contribution in [1.82, 2.24) is 0 Å². The summed E-state index contributed by atoms with van der Waals surface area (Å²) in [6.07, 6.45) is 6.60. The molecule has 0 saturated heterocycles. The van der Waals surface area contributed by atoms with Crippen LogP contribution in [-0.2, 0) is 4.74 Å². The second kappa shape index (κ2) is 3.61. The molecule has 1 rings (SSSR count). The summed E-state index contributed by atoms with van der Waals surface area (Å²) >= 11 is 0. The van der Waals surface area contributed by atoms with Crippen LogP contribution < -0.4 is 0 Å². The van der Waals surface area contributed by atoms with Gasteiger partial charge in [0.25, 0.3) is 0 Å². The largest absolute Gasteiger partial charge is 0.501 e. The van der Waals surface area contributed by atoms with E-state index >= 15 is 0 Å². The molecule has 1 nitrogen and oxygen atoms in total. The van der Waals surface area contributed by atoms with Crippen LogP contribution in [0.15, 0.2) is 23.5 Å². The van der Waals surface area contributed by atoms with Crippen molar-refractivity contribution in [3.05, 3.63) is 23.5 Å². The highest BCUT2D eigenvalue weighted by atomic mass is 16.5. The van der Waals surface area contributed by atoms with E-state index in [1.807, 2.05) is 0 Å². The number of hydrogen-bond acceptors (Lipinski definition) is 1. The highest BCUT2D eigenvalue weighted by Gasteiger charge is 2.10. The van der Waals surface area contributed by atoms with Gasteiger partial charge in [-0.15, -0.1) is 0 Å². The quantitative estimate of drug-likeness (QED) is 0.591. The van der Waals surface area contributed by atoms with Gasteiger partial charge < -0.3 is 4.74 Å². The fraction of sp³-hybridized carbons (Fsp3) is 0.600. The molecule has 0 spiro atoms. The molecule has 0 aromatic rings. The first-order valence-electron chi connectivity index (χ1n) is 4.19.